The lowest BCUT2D eigenvalue weighted by molar-refractivity contribution is 0.111. The standard InChI is InChI=1S/C17H22ClNO2/c1-19(10-13-3-2-4-16(13)20)9-12-7-14-8-15(18)5-6-17(14)21-11-12/h5-8,13,16,20H,2-4,9-11H2,1H3. The Labute approximate surface area is 131 Å². The maximum atomic E-state index is 9.92. The average Bonchev–Trinajstić information content (AvgIpc) is 2.83. The summed E-state index contributed by atoms with van der Waals surface area (Å²) >= 11 is 6.04. The molecule has 0 bridgehead atoms. The molecule has 21 heavy (non-hydrogen) atoms. The van der Waals surface area contributed by atoms with Gasteiger partial charge in [0.05, 0.1) is 6.10 Å². The molecular formula is C17H22ClNO2. The van der Waals surface area contributed by atoms with E-state index in [0.717, 1.165) is 48.7 Å². The van der Waals surface area contributed by atoms with Crippen molar-refractivity contribution in [3.63, 3.8) is 0 Å². The third kappa shape index (κ3) is 3.60. The highest BCUT2D eigenvalue weighted by Gasteiger charge is 2.26. The molecule has 3 nitrogen and oxygen atoms in total. The van der Waals surface area contributed by atoms with Gasteiger partial charge in [0.25, 0.3) is 0 Å². The lowest BCUT2D eigenvalue weighted by atomic mass is 10.0. The van der Waals surface area contributed by atoms with Crippen LogP contribution in [0, 0.1) is 5.92 Å². The third-order valence-electron chi connectivity index (χ3n) is 4.38. The van der Waals surface area contributed by atoms with Crippen molar-refractivity contribution >= 4 is 17.7 Å². The van der Waals surface area contributed by atoms with Crippen LogP contribution in [0.25, 0.3) is 6.08 Å². The van der Waals surface area contributed by atoms with Crippen molar-refractivity contribution in [1.82, 2.24) is 4.90 Å². The van der Waals surface area contributed by atoms with Crippen LogP contribution in [0.3, 0.4) is 0 Å². The zero-order valence-electron chi connectivity index (χ0n) is 12.4. The molecule has 1 aliphatic heterocycles. The molecule has 1 heterocycles. The maximum absolute atomic E-state index is 9.92. The minimum atomic E-state index is -0.122. The number of rotatable bonds is 4. The number of hydrogen-bond donors (Lipinski definition) is 1. The highest BCUT2D eigenvalue weighted by molar-refractivity contribution is 6.30. The molecule has 0 radical (unpaired) electrons. The molecule has 1 fully saturated rings. The molecule has 3 rings (SSSR count). The van der Waals surface area contributed by atoms with Crippen molar-refractivity contribution in [2.45, 2.75) is 25.4 Å². The lowest BCUT2D eigenvalue weighted by Crippen LogP contribution is -2.32. The molecule has 1 aromatic rings. The summed E-state index contributed by atoms with van der Waals surface area (Å²) < 4.78 is 5.78. The molecule has 0 aromatic heterocycles. The van der Waals surface area contributed by atoms with E-state index in [1.807, 2.05) is 18.2 Å². The number of nitrogens with zero attached hydrogens (tertiary/aromatic N) is 1. The molecule has 1 N–H and O–H groups in total. The van der Waals surface area contributed by atoms with Gasteiger partial charge in [-0.25, -0.2) is 0 Å². The Hall–Kier alpha value is -1.03. The second-order valence-corrected chi connectivity index (χ2v) is 6.66. The molecule has 2 unspecified atom stereocenters. The number of benzene rings is 1. The number of hydrogen-bond acceptors (Lipinski definition) is 3. The van der Waals surface area contributed by atoms with Gasteiger partial charge in [0, 0.05) is 23.7 Å². The van der Waals surface area contributed by atoms with Gasteiger partial charge < -0.3 is 14.7 Å². The molecule has 0 amide bonds. The normalized spacial score (nSPS) is 24.7. The number of ether oxygens (including phenoxy) is 1. The minimum absolute atomic E-state index is 0.122. The van der Waals surface area contributed by atoms with Gasteiger partial charge in [-0.2, -0.15) is 0 Å². The van der Waals surface area contributed by atoms with Crippen molar-refractivity contribution in [3.8, 4) is 5.75 Å². The number of aliphatic hydroxyl groups is 1. The van der Waals surface area contributed by atoms with E-state index in [9.17, 15) is 5.11 Å². The van der Waals surface area contributed by atoms with Gasteiger partial charge in [0.15, 0.2) is 0 Å². The van der Waals surface area contributed by atoms with Crippen molar-refractivity contribution in [3.05, 3.63) is 34.4 Å². The van der Waals surface area contributed by atoms with Crippen LogP contribution in [0.15, 0.2) is 23.8 Å². The highest BCUT2D eigenvalue weighted by Crippen LogP contribution is 2.30. The fourth-order valence-corrected chi connectivity index (χ4v) is 3.51. The summed E-state index contributed by atoms with van der Waals surface area (Å²) in [5.41, 5.74) is 2.30. The molecule has 1 aromatic carbocycles. The van der Waals surface area contributed by atoms with E-state index in [2.05, 4.69) is 18.0 Å². The van der Waals surface area contributed by atoms with E-state index in [1.54, 1.807) is 0 Å². The van der Waals surface area contributed by atoms with Gasteiger partial charge >= 0.3 is 0 Å². The van der Waals surface area contributed by atoms with Crippen LogP contribution >= 0.6 is 11.6 Å². The maximum Gasteiger partial charge on any atom is 0.127 e. The number of aliphatic hydroxyl groups excluding tert-OH is 1. The first-order valence-electron chi connectivity index (χ1n) is 7.60. The van der Waals surface area contributed by atoms with Crippen molar-refractivity contribution in [1.29, 1.82) is 0 Å². The van der Waals surface area contributed by atoms with Gasteiger partial charge in [-0.1, -0.05) is 18.0 Å². The van der Waals surface area contributed by atoms with Crippen LogP contribution < -0.4 is 4.74 Å². The molecular weight excluding hydrogens is 286 g/mol. The van der Waals surface area contributed by atoms with E-state index in [0.29, 0.717) is 12.5 Å². The summed E-state index contributed by atoms with van der Waals surface area (Å²) in [7, 11) is 2.11. The van der Waals surface area contributed by atoms with E-state index in [-0.39, 0.29) is 6.10 Å². The largest absolute Gasteiger partial charge is 0.489 e. The monoisotopic (exact) mass is 307 g/mol. The van der Waals surface area contributed by atoms with Crippen LogP contribution in [0.5, 0.6) is 5.75 Å². The lowest BCUT2D eigenvalue weighted by Gasteiger charge is -2.26. The predicted molar refractivity (Wildman–Crippen MR) is 85.8 cm³/mol. The predicted octanol–water partition coefficient (Wildman–Crippen LogP) is 3.21. The van der Waals surface area contributed by atoms with E-state index >= 15 is 0 Å². The first-order valence-corrected chi connectivity index (χ1v) is 7.98. The fourth-order valence-electron chi connectivity index (χ4n) is 3.33. The Morgan fingerprint density at radius 3 is 3.00 bits per heavy atom. The third-order valence-corrected chi connectivity index (χ3v) is 4.62. The summed E-state index contributed by atoms with van der Waals surface area (Å²) in [5, 5.41) is 10.7. The molecule has 2 aliphatic rings. The molecule has 0 saturated heterocycles. The van der Waals surface area contributed by atoms with Gasteiger partial charge in [-0.15, -0.1) is 0 Å². The molecule has 1 saturated carbocycles. The molecule has 114 valence electrons. The van der Waals surface area contributed by atoms with Gasteiger partial charge in [0.1, 0.15) is 12.4 Å². The number of likely N-dealkylation sites (N-methyl/N-ethyl adjacent to an activating group) is 1. The minimum Gasteiger partial charge on any atom is -0.489 e. The second-order valence-electron chi connectivity index (χ2n) is 6.23. The molecule has 2 atom stereocenters. The highest BCUT2D eigenvalue weighted by atomic mass is 35.5. The molecule has 0 spiro atoms. The SMILES string of the molecule is CN(CC1=Cc2cc(Cl)ccc2OC1)CC1CCCC1O. The number of halogens is 1. The van der Waals surface area contributed by atoms with E-state index in [4.69, 9.17) is 16.3 Å². The van der Waals surface area contributed by atoms with Gasteiger partial charge in [-0.3, -0.25) is 0 Å². The Bertz CT molecular complexity index is 544. The van der Waals surface area contributed by atoms with Crippen LogP contribution in [0.1, 0.15) is 24.8 Å². The van der Waals surface area contributed by atoms with Crippen molar-refractivity contribution < 1.29 is 9.84 Å². The zero-order chi connectivity index (χ0) is 14.8. The quantitative estimate of drug-likeness (QED) is 0.927. The Morgan fingerprint density at radius 1 is 1.38 bits per heavy atom. The Morgan fingerprint density at radius 2 is 2.24 bits per heavy atom. The summed E-state index contributed by atoms with van der Waals surface area (Å²) in [5.74, 6) is 1.32. The Balaban J connectivity index is 1.62. The van der Waals surface area contributed by atoms with E-state index < -0.39 is 0 Å². The second kappa shape index (κ2) is 6.39. The Kier molecular flexibility index (Phi) is 4.53. The molecule has 4 heteroatoms. The summed E-state index contributed by atoms with van der Waals surface area (Å²) in [6, 6.07) is 5.72. The summed E-state index contributed by atoms with van der Waals surface area (Å²) in [6.07, 6.45) is 5.29. The zero-order valence-corrected chi connectivity index (χ0v) is 13.1. The summed E-state index contributed by atoms with van der Waals surface area (Å²) in [4.78, 5) is 2.28. The summed E-state index contributed by atoms with van der Waals surface area (Å²) in [6.45, 7) is 2.45. The van der Waals surface area contributed by atoms with Gasteiger partial charge in [-0.05, 0) is 55.7 Å². The van der Waals surface area contributed by atoms with E-state index in [1.165, 1.54) is 5.57 Å². The van der Waals surface area contributed by atoms with Crippen molar-refractivity contribution in [2.75, 3.05) is 26.7 Å². The topological polar surface area (TPSA) is 32.7 Å². The molecule has 1 aliphatic carbocycles. The first kappa shape index (κ1) is 14.9. The van der Waals surface area contributed by atoms with Crippen LogP contribution in [0.2, 0.25) is 5.02 Å². The number of fused-ring (bicyclic) bond motifs is 1. The van der Waals surface area contributed by atoms with Crippen molar-refractivity contribution in [2.24, 2.45) is 5.92 Å². The van der Waals surface area contributed by atoms with Gasteiger partial charge in [0.2, 0.25) is 0 Å². The smallest absolute Gasteiger partial charge is 0.127 e. The van der Waals surface area contributed by atoms with Crippen LogP contribution in [-0.2, 0) is 0 Å². The fraction of sp³-hybridized carbons (Fsp3) is 0.529. The first-order chi connectivity index (χ1) is 10.1. The average molecular weight is 308 g/mol. The van der Waals surface area contributed by atoms with Crippen LogP contribution in [-0.4, -0.2) is 42.9 Å². The van der Waals surface area contributed by atoms with Crippen LogP contribution in [0.4, 0.5) is 0 Å².